The van der Waals surface area contributed by atoms with Crippen molar-refractivity contribution in [1.82, 2.24) is 5.32 Å². The topological polar surface area (TPSA) is 70.2 Å². The Kier molecular flexibility index (Phi) is 6.65. The van der Waals surface area contributed by atoms with Crippen molar-refractivity contribution in [2.24, 2.45) is 0 Å². The highest BCUT2D eigenvalue weighted by Crippen LogP contribution is 2.21. The first-order valence-electron chi connectivity index (χ1n) is 6.96. The van der Waals surface area contributed by atoms with Crippen molar-refractivity contribution >= 4 is 35.6 Å². The van der Waals surface area contributed by atoms with Crippen molar-refractivity contribution < 1.29 is 9.59 Å². The number of benzene rings is 1. The zero-order valence-corrected chi connectivity index (χ0v) is 13.2. The van der Waals surface area contributed by atoms with Crippen molar-refractivity contribution in [2.75, 3.05) is 17.2 Å². The van der Waals surface area contributed by atoms with Gasteiger partial charge in [-0.2, -0.15) is 0 Å². The van der Waals surface area contributed by atoms with Crippen LogP contribution in [0.15, 0.2) is 18.2 Å². The maximum absolute atomic E-state index is 12.0. The van der Waals surface area contributed by atoms with E-state index in [2.05, 4.69) is 16.0 Å². The molecule has 1 aliphatic heterocycles. The van der Waals surface area contributed by atoms with Gasteiger partial charge in [0.25, 0.3) is 0 Å². The van der Waals surface area contributed by atoms with Crippen LogP contribution in [0.25, 0.3) is 0 Å². The monoisotopic (exact) mass is 311 g/mol. The van der Waals surface area contributed by atoms with E-state index in [0.717, 1.165) is 30.6 Å². The van der Waals surface area contributed by atoms with Crippen LogP contribution in [-0.2, 0) is 9.59 Å². The van der Waals surface area contributed by atoms with Gasteiger partial charge < -0.3 is 16.0 Å². The molecule has 1 aliphatic rings. The van der Waals surface area contributed by atoms with E-state index < -0.39 is 0 Å². The van der Waals surface area contributed by atoms with Crippen LogP contribution in [0.2, 0.25) is 0 Å². The van der Waals surface area contributed by atoms with E-state index in [1.165, 1.54) is 6.92 Å². The molecule has 2 rings (SSSR count). The highest BCUT2D eigenvalue weighted by molar-refractivity contribution is 5.94. The second-order valence-corrected chi connectivity index (χ2v) is 5.26. The lowest BCUT2D eigenvalue weighted by molar-refractivity contribution is -0.116. The molecule has 0 spiro atoms. The molecule has 1 atom stereocenters. The molecular weight excluding hydrogens is 290 g/mol. The number of hydrogen-bond acceptors (Lipinski definition) is 3. The highest BCUT2D eigenvalue weighted by Gasteiger charge is 2.18. The van der Waals surface area contributed by atoms with Gasteiger partial charge in [0.2, 0.25) is 11.8 Å². The first kappa shape index (κ1) is 17.5. The highest BCUT2D eigenvalue weighted by atomic mass is 35.5. The molecule has 5 nitrogen and oxygen atoms in total. The van der Waals surface area contributed by atoms with Crippen LogP contribution in [0.5, 0.6) is 0 Å². The summed E-state index contributed by atoms with van der Waals surface area (Å²) >= 11 is 0. The van der Waals surface area contributed by atoms with Crippen LogP contribution >= 0.6 is 12.4 Å². The van der Waals surface area contributed by atoms with Gasteiger partial charge in [-0.05, 0) is 44.0 Å². The number of amides is 2. The molecule has 0 aliphatic carbocycles. The standard InChI is InChI=1S/C15H21N3O2.ClH/c1-10-5-6-13(17-11(2)19)8-14(10)18-15(20)9-12-4-3-7-16-12;/h5-6,8,12,16H,3-4,7,9H2,1-2H3,(H,17,19)(H,18,20);1H. The average Bonchev–Trinajstić information content (AvgIpc) is 2.85. The van der Waals surface area contributed by atoms with Crippen molar-refractivity contribution in [3.8, 4) is 0 Å². The molecule has 1 saturated heterocycles. The van der Waals surface area contributed by atoms with Gasteiger partial charge >= 0.3 is 0 Å². The fourth-order valence-corrected chi connectivity index (χ4v) is 2.39. The second kappa shape index (κ2) is 8.00. The Morgan fingerprint density at radius 2 is 2.10 bits per heavy atom. The van der Waals surface area contributed by atoms with Gasteiger partial charge in [0, 0.05) is 30.8 Å². The average molecular weight is 312 g/mol. The lowest BCUT2D eigenvalue weighted by Crippen LogP contribution is -2.27. The number of nitrogens with one attached hydrogen (secondary N) is 3. The number of hydrogen-bond donors (Lipinski definition) is 3. The van der Waals surface area contributed by atoms with Gasteiger partial charge in [-0.3, -0.25) is 9.59 Å². The maximum Gasteiger partial charge on any atom is 0.225 e. The van der Waals surface area contributed by atoms with Crippen LogP contribution in [0.4, 0.5) is 11.4 Å². The van der Waals surface area contributed by atoms with Crippen molar-refractivity contribution in [2.45, 2.75) is 39.2 Å². The van der Waals surface area contributed by atoms with Crippen molar-refractivity contribution in [3.63, 3.8) is 0 Å². The molecule has 6 heteroatoms. The van der Waals surface area contributed by atoms with Crippen LogP contribution in [-0.4, -0.2) is 24.4 Å². The number of rotatable bonds is 4. The Bertz CT molecular complexity index is 514. The zero-order valence-electron chi connectivity index (χ0n) is 12.4. The molecule has 1 heterocycles. The molecular formula is C15H22ClN3O2. The molecule has 1 unspecified atom stereocenters. The van der Waals surface area contributed by atoms with E-state index in [1.54, 1.807) is 6.07 Å². The second-order valence-electron chi connectivity index (χ2n) is 5.26. The van der Waals surface area contributed by atoms with Gasteiger partial charge in [0.15, 0.2) is 0 Å². The third kappa shape index (κ3) is 5.36. The smallest absolute Gasteiger partial charge is 0.225 e. The Labute approximate surface area is 131 Å². The van der Waals surface area contributed by atoms with E-state index >= 15 is 0 Å². The molecule has 116 valence electrons. The molecule has 0 radical (unpaired) electrons. The van der Waals surface area contributed by atoms with E-state index in [1.807, 2.05) is 19.1 Å². The Hall–Kier alpha value is -1.59. The number of carbonyl (C=O) groups is 2. The maximum atomic E-state index is 12.0. The fourth-order valence-electron chi connectivity index (χ4n) is 2.39. The first-order chi connectivity index (χ1) is 9.54. The Morgan fingerprint density at radius 1 is 1.33 bits per heavy atom. The molecule has 2 amide bonds. The first-order valence-corrected chi connectivity index (χ1v) is 6.96. The summed E-state index contributed by atoms with van der Waals surface area (Å²) in [5.41, 5.74) is 2.42. The summed E-state index contributed by atoms with van der Waals surface area (Å²) in [6.45, 7) is 4.39. The SMILES string of the molecule is CC(=O)Nc1ccc(C)c(NC(=O)CC2CCCN2)c1.Cl. The number of carbonyl (C=O) groups excluding carboxylic acids is 2. The molecule has 1 aromatic carbocycles. The molecule has 1 aromatic rings. The predicted octanol–water partition coefficient (Wildman–Crippen LogP) is 2.46. The molecule has 21 heavy (non-hydrogen) atoms. The fraction of sp³-hybridized carbons (Fsp3) is 0.467. The van der Waals surface area contributed by atoms with Gasteiger partial charge in [-0.1, -0.05) is 6.07 Å². The van der Waals surface area contributed by atoms with Crippen LogP contribution in [0.3, 0.4) is 0 Å². The van der Waals surface area contributed by atoms with E-state index in [9.17, 15) is 9.59 Å². The van der Waals surface area contributed by atoms with Gasteiger partial charge in [0.1, 0.15) is 0 Å². The third-order valence-electron chi connectivity index (χ3n) is 3.43. The predicted molar refractivity (Wildman–Crippen MR) is 87.0 cm³/mol. The van der Waals surface area contributed by atoms with Crippen molar-refractivity contribution in [3.05, 3.63) is 23.8 Å². The number of halogens is 1. The summed E-state index contributed by atoms with van der Waals surface area (Å²) < 4.78 is 0. The summed E-state index contributed by atoms with van der Waals surface area (Å²) in [5.74, 6) is -0.117. The quantitative estimate of drug-likeness (QED) is 0.800. The Morgan fingerprint density at radius 3 is 2.71 bits per heavy atom. The van der Waals surface area contributed by atoms with E-state index in [-0.39, 0.29) is 30.3 Å². The minimum Gasteiger partial charge on any atom is -0.326 e. The molecule has 0 aromatic heterocycles. The van der Waals surface area contributed by atoms with Gasteiger partial charge in [-0.15, -0.1) is 12.4 Å². The summed E-state index contributed by atoms with van der Waals surface area (Å²) in [5, 5.41) is 8.94. The Balaban J connectivity index is 0.00000220. The summed E-state index contributed by atoms with van der Waals surface area (Å²) in [4.78, 5) is 23.1. The summed E-state index contributed by atoms with van der Waals surface area (Å²) in [6, 6.07) is 5.78. The molecule has 0 saturated carbocycles. The zero-order chi connectivity index (χ0) is 14.5. The van der Waals surface area contributed by atoms with E-state index in [4.69, 9.17) is 0 Å². The minimum atomic E-state index is -0.124. The molecule has 0 bridgehead atoms. The number of aryl methyl sites for hydroxylation is 1. The van der Waals surface area contributed by atoms with E-state index in [0.29, 0.717) is 12.1 Å². The molecule has 3 N–H and O–H groups in total. The van der Waals surface area contributed by atoms with Gasteiger partial charge in [-0.25, -0.2) is 0 Å². The van der Waals surface area contributed by atoms with Gasteiger partial charge in [0.05, 0.1) is 0 Å². The lowest BCUT2D eigenvalue weighted by Gasteiger charge is -2.13. The minimum absolute atomic E-state index is 0. The normalized spacial score (nSPS) is 17.0. The third-order valence-corrected chi connectivity index (χ3v) is 3.43. The van der Waals surface area contributed by atoms with Crippen LogP contribution in [0.1, 0.15) is 31.7 Å². The van der Waals surface area contributed by atoms with Crippen LogP contribution in [0, 0.1) is 6.92 Å². The summed E-state index contributed by atoms with van der Waals surface area (Å²) in [6.07, 6.45) is 2.68. The number of anilines is 2. The lowest BCUT2D eigenvalue weighted by atomic mass is 10.1. The largest absolute Gasteiger partial charge is 0.326 e. The van der Waals surface area contributed by atoms with Crippen molar-refractivity contribution in [1.29, 1.82) is 0 Å². The van der Waals surface area contributed by atoms with Crippen LogP contribution < -0.4 is 16.0 Å². The summed E-state index contributed by atoms with van der Waals surface area (Å²) in [7, 11) is 0. The molecule has 1 fully saturated rings.